The maximum Gasteiger partial charge on any atom is 0.245 e. The van der Waals surface area contributed by atoms with E-state index in [0.717, 1.165) is 66.3 Å². The number of imidazole rings is 2. The lowest BCUT2D eigenvalue weighted by Gasteiger charge is -2.30. The summed E-state index contributed by atoms with van der Waals surface area (Å²) in [6, 6.07) is 15.7. The minimum absolute atomic E-state index is 0.0544. The molecule has 0 unspecified atom stereocenters. The zero-order chi connectivity index (χ0) is 40.6. The molecular formula is C45H50N12O2. The van der Waals surface area contributed by atoms with Crippen LogP contribution in [0.15, 0.2) is 86.0 Å². The largest absolute Gasteiger partial charge is 0.358 e. The summed E-state index contributed by atoms with van der Waals surface area (Å²) < 4.78 is 0. The van der Waals surface area contributed by atoms with E-state index in [1.165, 1.54) is 34.9 Å². The van der Waals surface area contributed by atoms with E-state index in [4.69, 9.17) is 9.97 Å². The lowest BCUT2D eigenvalue weighted by molar-refractivity contribution is -0.134. The summed E-state index contributed by atoms with van der Waals surface area (Å²) in [7, 11) is 0. The van der Waals surface area contributed by atoms with Crippen molar-refractivity contribution < 1.29 is 9.59 Å². The number of anilines is 2. The van der Waals surface area contributed by atoms with Gasteiger partial charge in [-0.05, 0) is 102 Å². The molecule has 3 aliphatic rings. The molecule has 2 aromatic carbocycles. The number of carbonyl (C=O) groups excluding carboxylic acids is 2. The molecule has 2 aliphatic heterocycles. The van der Waals surface area contributed by atoms with Crippen LogP contribution in [0.1, 0.15) is 88.2 Å². The van der Waals surface area contributed by atoms with Gasteiger partial charge in [0.2, 0.25) is 11.8 Å². The Morgan fingerprint density at radius 2 is 1.10 bits per heavy atom. The summed E-state index contributed by atoms with van der Waals surface area (Å²) in [6.07, 6.45) is 14.5. The summed E-state index contributed by atoms with van der Waals surface area (Å²) in [5, 5.41) is 6.67. The number of H-pyrrole nitrogens is 2. The number of nitrogens with zero attached hydrogens (tertiary/aromatic N) is 8. The van der Waals surface area contributed by atoms with Gasteiger partial charge in [0.25, 0.3) is 0 Å². The van der Waals surface area contributed by atoms with Gasteiger partial charge < -0.3 is 30.4 Å². The molecule has 6 aromatic rings. The number of nitrogens with one attached hydrogen (secondary N) is 4. The molecular weight excluding hydrogens is 741 g/mol. The van der Waals surface area contributed by atoms with Crippen LogP contribution in [0.4, 0.5) is 11.6 Å². The smallest absolute Gasteiger partial charge is 0.245 e. The molecule has 0 radical (unpaired) electrons. The number of aromatic amines is 2. The first kappa shape index (κ1) is 38.1. The highest BCUT2D eigenvalue weighted by molar-refractivity contribution is 5.86. The Morgan fingerprint density at radius 1 is 0.644 bits per heavy atom. The maximum atomic E-state index is 13.9. The lowest BCUT2D eigenvalue weighted by Crippen LogP contribution is -2.45. The topological polar surface area (TPSA) is 174 Å². The van der Waals surface area contributed by atoms with Crippen molar-refractivity contribution in [3.8, 4) is 33.6 Å². The van der Waals surface area contributed by atoms with E-state index in [9.17, 15) is 9.59 Å². The number of hydrogen-bond donors (Lipinski definition) is 4. The minimum atomic E-state index is -0.412. The third-order valence-electron chi connectivity index (χ3n) is 12.0. The predicted octanol–water partition coefficient (Wildman–Crippen LogP) is 7.22. The molecule has 0 saturated carbocycles. The highest BCUT2D eigenvalue weighted by Crippen LogP contribution is 2.41. The average molecular weight is 791 g/mol. The molecule has 1 aliphatic carbocycles. The molecule has 6 heterocycles. The van der Waals surface area contributed by atoms with E-state index in [-0.39, 0.29) is 35.7 Å². The van der Waals surface area contributed by atoms with Gasteiger partial charge in [0.15, 0.2) is 0 Å². The quantitative estimate of drug-likeness (QED) is 0.0990. The van der Waals surface area contributed by atoms with E-state index >= 15 is 0 Å². The Bertz CT molecular complexity index is 2280. The van der Waals surface area contributed by atoms with Crippen LogP contribution in [-0.2, 0) is 16.0 Å². The molecule has 9 rings (SSSR count). The first-order chi connectivity index (χ1) is 28.7. The van der Waals surface area contributed by atoms with E-state index in [1.807, 2.05) is 49.9 Å². The lowest BCUT2D eigenvalue weighted by atomic mass is 10.0. The summed E-state index contributed by atoms with van der Waals surface area (Å²) in [5.74, 6) is 3.14. The van der Waals surface area contributed by atoms with Crippen LogP contribution in [0.25, 0.3) is 33.6 Å². The molecule has 4 aromatic heterocycles. The molecule has 4 atom stereocenters. The SMILES string of the molecule is CC(C)[C@@H](Nc1ccncn1)C(=O)N1CCC[C@@H]1c1ncc(-c2ccc3c(c2)Cc2cc(-c4cnc([C@H]5CCCN5C(=O)[C@H](Nc5ccncn5)C(C)C)[nH]4)ccc2-3)[nH]1. The molecule has 0 spiro atoms. The van der Waals surface area contributed by atoms with Crippen molar-refractivity contribution in [1.82, 2.24) is 49.7 Å². The number of amides is 2. The number of fused-ring (bicyclic) bond motifs is 3. The first-order valence-corrected chi connectivity index (χ1v) is 20.7. The number of likely N-dealkylation sites (tertiary alicyclic amines) is 2. The van der Waals surface area contributed by atoms with Crippen molar-refractivity contribution in [3.63, 3.8) is 0 Å². The first-order valence-electron chi connectivity index (χ1n) is 20.7. The second kappa shape index (κ2) is 16.1. The Morgan fingerprint density at radius 3 is 1.51 bits per heavy atom. The molecule has 59 heavy (non-hydrogen) atoms. The Hall–Kier alpha value is -6.44. The number of carbonyl (C=O) groups is 2. The maximum absolute atomic E-state index is 13.9. The minimum Gasteiger partial charge on any atom is -0.358 e. The third-order valence-corrected chi connectivity index (χ3v) is 12.0. The number of aromatic nitrogens is 8. The fourth-order valence-electron chi connectivity index (χ4n) is 8.94. The standard InChI is InChI=1S/C45H50N12O2/c1-26(2)40(54-38-13-15-46-24-50-38)44(58)56-17-5-7-36(56)42-48-22-34(52-42)28-9-11-32-30(19-28)21-31-20-29(10-12-33(31)32)35-23-49-43(53-35)37-8-6-18-57(37)45(59)41(27(3)4)55-39-14-16-47-25-51-39/h9-16,19-20,22-27,36-37,40-41H,5-8,17-18,21H2,1-4H3,(H,48,52)(H,49,53)(H,46,50,54)(H,47,51,55)/t36-,37-,40-,41-/m1/s1. The second-order valence-corrected chi connectivity index (χ2v) is 16.6. The van der Waals surface area contributed by atoms with E-state index in [1.54, 1.807) is 24.5 Å². The molecule has 4 N–H and O–H groups in total. The number of hydrogen-bond acceptors (Lipinski definition) is 10. The molecule has 2 fully saturated rings. The predicted molar refractivity (Wildman–Crippen MR) is 226 cm³/mol. The van der Waals surface area contributed by atoms with Crippen LogP contribution in [0.2, 0.25) is 0 Å². The Kier molecular flexibility index (Phi) is 10.4. The van der Waals surface area contributed by atoms with Crippen LogP contribution >= 0.6 is 0 Å². The van der Waals surface area contributed by atoms with E-state index in [2.05, 4.69) is 76.9 Å². The zero-order valence-corrected chi connectivity index (χ0v) is 33.9. The highest BCUT2D eigenvalue weighted by atomic mass is 16.2. The molecule has 2 saturated heterocycles. The van der Waals surface area contributed by atoms with Gasteiger partial charge in [-0.2, -0.15) is 0 Å². The number of benzene rings is 2. The third kappa shape index (κ3) is 7.54. The summed E-state index contributed by atoms with van der Waals surface area (Å²) >= 11 is 0. The van der Waals surface area contributed by atoms with Crippen molar-refractivity contribution in [2.75, 3.05) is 23.7 Å². The van der Waals surface area contributed by atoms with Gasteiger partial charge in [-0.3, -0.25) is 9.59 Å². The highest BCUT2D eigenvalue weighted by Gasteiger charge is 2.38. The van der Waals surface area contributed by atoms with Gasteiger partial charge >= 0.3 is 0 Å². The number of rotatable bonds is 12. The van der Waals surface area contributed by atoms with Gasteiger partial charge in [-0.15, -0.1) is 0 Å². The van der Waals surface area contributed by atoms with Gasteiger partial charge in [0, 0.05) is 25.5 Å². The molecule has 0 bridgehead atoms. The van der Waals surface area contributed by atoms with Crippen molar-refractivity contribution in [1.29, 1.82) is 0 Å². The second-order valence-electron chi connectivity index (χ2n) is 16.6. The summed E-state index contributed by atoms with van der Waals surface area (Å²) in [4.78, 5) is 65.2. The Labute approximate surface area is 343 Å². The molecule has 302 valence electrons. The fourth-order valence-corrected chi connectivity index (χ4v) is 8.94. The normalized spacial score (nSPS) is 18.3. The van der Waals surface area contributed by atoms with Gasteiger partial charge in [0.1, 0.15) is 48.0 Å². The van der Waals surface area contributed by atoms with Crippen LogP contribution in [0, 0.1) is 11.8 Å². The summed E-state index contributed by atoms with van der Waals surface area (Å²) in [5.41, 5.74) is 9.01. The molecule has 14 heteroatoms. The molecule has 14 nitrogen and oxygen atoms in total. The zero-order valence-electron chi connectivity index (χ0n) is 33.9. The van der Waals surface area contributed by atoms with Crippen LogP contribution in [0.3, 0.4) is 0 Å². The van der Waals surface area contributed by atoms with Gasteiger partial charge in [-0.25, -0.2) is 29.9 Å². The summed E-state index contributed by atoms with van der Waals surface area (Å²) in [6.45, 7) is 9.57. The fraction of sp³-hybridized carbons (Fsp3) is 0.378. The van der Waals surface area contributed by atoms with E-state index in [0.29, 0.717) is 24.7 Å². The van der Waals surface area contributed by atoms with E-state index < -0.39 is 12.1 Å². The van der Waals surface area contributed by atoms with Crippen molar-refractivity contribution in [2.45, 2.75) is 84.0 Å². The van der Waals surface area contributed by atoms with Crippen LogP contribution in [0.5, 0.6) is 0 Å². The van der Waals surface area contributed by atoms with Crippen molar-refractivity contribution in [3.05, 3.63) is 109 Å². The Balaban J connectivity index is 0.881. The van der Waals surface area contributed by atoms with Crippen molar-refractivity contribution >= 4 is 23.5 Å². The van der Waals surface area contributed by atoms with Crippen LogP contribution in [-0.4, -0.2) is 86.7 Å². The van der Waals surface area contributed by atoms with Crippen LogP contribution < -0.4 is 10.6 Å². The monoisotopic (exact) mass is 790 g/mol. The van der Waals surface area contributed by atoms with Gasteiger partial charge in [-0.1, -0.05) is 52.0 Å². The average Bonchev–Trinajstić information content (AvgIpc) is 4.10. The van der Waals surface area contributed by atoms with Gasteiger partial charge in [0.05, 0.1) is 35.9 Å². The molecule has 2 amide bonds. The van der Waals surface area contributed by atoms with Crippen molar-refractivity contribution in [2.24, 2.45) is 11.8 Å².